The Morgan fingerprint density at radius 1 is 1.32 bits per heavy atom. The number of nitrogens with two attached hydrogens (primary N) is 1. The molecule has 1 spiro atoms. The molecule has 0 aromatic heterocycles. The van der Waals surface area contributed by atoms with E-state index in [-0.39, 0.29) is 17.3 Å². The Bertz CT molecular complexity index is 400. The van der Waals surface area contributed by atoms with Crippen LogP contribution in [-0.4, -0.2) is 51.4 Å². The highest BCUT2D eigenvalue weighted by atomic mass is 32.2. The molecule has 2 N–H and O–H groups in total. The van der Waals surface area contributed by atoms with Crippen LogP contribution < -0.4 is 5.14 Å². The molecular formula is C13H26N2O3S. The fourth-order valence-corrected chi connectivity index (χ4v) is 4.32. The summed E-state index contributed by atoms with van der Waals surface area (Å²) in [6.45, 7) is 8.34. The summed E-state index contributed by atoms with van der Waals surface area (Å²) >= 11 is 0. The predicted octanol–water partition coefficient (Wildman–Crippen LogP) is 0.802. The monoisotopic (exact) mass is 290 g/mol. The third kappa shape index (κ3) is 3.90. The van der Waals surface area contributed by atoms with E-state index in [0.29, 0.717) is 12.5 Å². The normalized spacial score (nSPS) is 28.3. The minimum atomic E-state index is -3.45. The maximum Gasteiger partial charge on any atom is 0.211 e. The quantitative estimate of drug-likeness (QED) is 0.831. The maximum atomic E-state index is 11.3. The fourth-order valence-electron chi connectivity index (χ4n) is 3.45. The lowest BCUT2D eigenvalue weighted by Gasteiger charge is -2.42. The van der Waals surface area contributed by atoms with Gasteiger partial charge in [0.15, 0.2) is 0 Å². The van der Waals surface area contributed by atoms with Gasteiger partial charge in [-0.15, -0.1) is 0 Å². The average molecular weight is 290 g/mol. The molecule has 5 nitrogen and oxygen atoms in total. The first-order chi connectivity index (χ1) is 8.81. The number of hydrogen-bond donors (Lipinski definition) is 1. The number of hydrogen-bond acceptors (Lipinski definition) is 4. The number of sulfonamides is 1. The van der Waals surface area contributed by atoms with Gasteiger partial charge in [-0.25, -0.2) is 13.6 Å². The number of piperidine rings is 1. The molecule has 0 aromatic rings. The number of ether oxygens (including phenoxy) is 1. The smallest absolute Gasteiger partial charge is 0.211 e. The summed E-state index contributed by atoms with van der Waals surface area (Å²) in [6, 6.07) is 0. The summed E-state index contributed by atoms with van der Waals surface area (Å²) in [6.07, 6.45) is 2.83. The van der Waals surface area contributed by atoms with Crippen molar-refractivity contribution in [2.75, 3.05) is 32.0 Å². The summed E-state index contributed by atoms with van der Waals surface area (Å²) < 4.78 is 28.3. The van der Waals surface area contributed by atoms with Crippen LogP contribution >= 0.6 is 0 Å². The molecule has 1 unspecified atom stereocenters. The third-order valence-corrected chi connectivity index (χ3v) is 5.23. The summed E-state index contributed by atoms with van der Waals surface area (Å²) in [4.78, 5) is 2.47. The predicted molar refractivity (Wildman–Crippen MR) is 75.3 cm³/mol. The van der Waals surface area contributed by atoms with Gasteiger partial charge in [-0.3, -0.25) is 0 Å². The van der Waals surface area contributed by atoms with Crippen molar-refractivity contribution in [3.8, 4) is 0 Å². The Kier molecular flexibility index (Phi) is 4.55. The zero-order valence-electron chi connectivity index (χ0n) is 12.0. The van der Waals surface area contributed by atoms with Gasteiger partial charge in [0, 0.05) is 18.6 Å². The first-order valence-electron chi connectivity index (χ1n) is 7.15. The van der Waals surface area contributed by atoms with Crippen LogP contribution in [-0.2, 0) is 14.8 Å². The molecule has 112 valence electrons. The van der Waals surface area contributed by atoms with E-state index >= 15 is 0 Å². The van der Waals surface area contributed by atoms with Crippen LogP contribution in [0.4, 0.5) is 0 Å². The molecule has 2 rings (SSSR count). The van der Waals surface area contributed by atoms with Crippen molar-refractivity contribution in [1.82, 2.24) is 4.90 Å². The highest BCUT2D eigenvalue weighted by molar-refractivity contribution is 7.89. The molecule has 1 atom stereocenters. The van der Waals surface area contributed by atoms with E-state index < -0.39 is 10.0 Å². The van der Waals surface area contributed by atoms with Crippen LogP contribution in [0.15, 0.2) is 0 Å². The van der Waals surface area contributed by atoms with Crippen LogP contribution in [0.3, 0.4) is 0 Å². The Morgan fingerprint density at radius 3 is 2.47 bits per heavy atom. The van der Waals surface area contributed by atoms with Crippen molar-refractivity contribution >= 4 is 10.0 Å². The van der Waals surface area contributed by atoms with Gasteiger partial charge in [0.1, 0.15) is 0 Å². The van der Waals surface area contributed by atoms with E-state index in [1.807, 2.05) is 0 Å². The average Bonchev–Trinajstić information content (AvgIpc) is 2.62. The molecule has 2 fully saturated rings. The Morgan fingerprint density at radius 2 is 1.95 bits per heavy atom. The molecule has 0 saturated carbocycles. The van der Waals surface area contributed by atoms with Crippen LogP contribution in [0.2, 0.25) is 0 Å². The van der Waals surface area contributed by atoms with Crippen molar-refractivity contribution < 1.29 is 13.2 Å². The first-order valence-corrected chi connectivity index (χ1v) is 8.87. The van der Waals surface area contributed by atoms with Gasteiger partial charge >= 0.3 is 0 Å². The van der Waals surface area contributed by atoms with Crippen LogP contribution in [0, 0.1) is 11.3 Å². The second kappa shape index (κ2) is 5.68. The van der Waals surface area contributed by atoms with E-state index in [9.17, 15) is 8.42 Å². The zero-order valence-corrected chi connectivity index (χ0v) is 12.8. The van der Waals surface area contributed by atoms with Crippen molar-refractivity contribution in [3.63, 3.8) is 0 Å². The lowest BCUT2D eigenvalue weighted by molar-refractivity contribution is 0.0200. The van der Waals surface area contributed by atoms with Crippen molar-refractivity contribution in [3.05, 3.63) is 0 Å². The van der Waals surface area contributed by atoms with Crippen LogP contribution in [0.25, 0.3) is 0 Å². The van der Waals surface area contributed by atoms with Gasteiger partial charge in [0.25, 0.3) is 0 Å². The molecule has 0 aliphatic carbocycles. The lowest BCUT2D eigenvalue weighted by atomic mass is 9.73. The van der Waals surface area contributed by atoms with Crippen molar-refractivity contribution in [1.29, 1.82) is 0 Å². The van der Waals surface area contributed by atoms with Crippen molar-refractivity contribution in [2.45, 2.75) is 39.2 Å². The van der Waals surface area contributed by atoms with E-state index in [1.165, 1.54) is 0 Å². The number of nitrogens with zero attached hydrogens (tertiary/aromatic N) is 1. The molecule has 2 saturated heterocycles. The van der Waals surface area contributed by atoms with E-state index in [0.717, 1.165) is 38.9 Å². The minimum Gasteiger partial charge on any atom is -0.377 e. The molecule has 0 amide bonds. The zero-order chi connectivity index (χ0) is 14.1. The molecule has 2 aliphatic heterocycles. The Balaban J connectivity index is 1.96. The SMILES string of the molecule is CC(C)CN1CCC2(CCOC2CS(N)(=O)=O)CC1. The highest BCUT2D eigenvalue weighted by Crippen LogP contribution is 2.44. The summed E-state index contributed by atoms with van der Waals surface area (Å²) in [5.41, 5.74) is 0.0416. The molecular weight excluding hydrogens is 264 g/mol. The number of primary sulfonamides is 1. The molecule has 0 aromatic carbocycles. The molecule has 0 bridgehead atoms. The second-order valence-corrected chi connectivity index (χ2v) is 8.15. The summed E-state index contributed by atoms with van der Waals surface area (Å²) in [5.74, 6) is 0.645. The summed E-state index contributed by atoms with van der Waals surface area (Å²) in [7, 11) is -3.45. The van der Waals surface area contributed by atoms with E-state index in [4.69, 9.17) is 9.88 Å². The lowest BCUT2D eigenvalue weighted by Crippen LogP contribution is -2.47. The third-order valence-electron chi connectivity index (χ3n) is 4.46. The topological polar surface area (TPSA) is 72.6 Å². The van der Waals surface area contributed by atoms with Gasteiger partial charge in [-0.2, -0.15) is 0 Å². The summed E-state index contributed by atoms with van der Waals surface area (Å²) in [5, 5.41) is 5.18. The van der Waals surface area contributed by atoms with Crippen LogP contribution in [0.1, 0.15) is 33.1 Å². The van der Waals surface area contributed by atoms with Crippen molar-refractivity contribution in [2.24, 2.45) is 16.5 Å². The van der Waals surface area contributed by atoms with Gasteiger partial charge in [-0.05, 0) is 38.3 Å². The second-order valence-electron chi connectivity index (χ2n) is 6.50. The van der Waals surface area contributed by atoms with E-state index in [2.05, 4.69) is 18.7 Å². The fraction of sp³-hybridized carbons (Fsp3) is 1.00. The largest absolute Gasteiger partial charge is 0.377 e. The highest BCUT2D eigenvalue weighted by Gasteiger charge is 2.46. The van der Waals surface area contributed by atoms with Gasteiger partial charge in [0.2, 0.25) is 10.0 Å². The van der Waals surface area contributed by atoms with Crippen LogP contribution in [0.5, 0.6) is 0 Å². The van der Waals surface area contributed by atoms with Gasteiger partial charge in [-0.1, -0.05) is 13.8 Å². The molecule has 6 heteroatoms. The van der Waals surface area contributed by atoms with E-state index in [1.54, 1.807) is 0 Å². The molecule has 19 heavy (non-hydrogen) atoms. The Hall–Kier alpha value is -0.170. The molecule has 2 aliphatic rings. The number of likely N-dealkylation sites (tertiary alicyclic amines) is 1. The maximum absolute atomic E-state index is 11.3. The number of rotatable bonds is 4. The standard InChI is InChI=1S/C13H26N2O3S/c1-11(2)9-15-6-3-13(4-7-15)5-8-18-12(13)10-19(14,16)17/h11-12H,3-10H2,1-2H3,(H2,14,16,17). The first kappa shape index (κ1) is 15.2. The Labute approximate surface area is 116 Å². The molecule has 0 radical (unpaired) electrons. The van der Waals surface area contributed by atoms with Gasteiger partial charge < -0.3 is 9.64 Å². The molecule has 2 heterocycles. The minimum absolute atomic E-state index is 0.0306. The van der Waals surface area contributed by atoms with Gasteiger partial charge in [0.05, 0.1) is 11.9 Å².